The highest BCUT2D eigenvalue weighted by Crippen LogP contribution is 2.33. The monoisotopic (exact) mass is 474 g/mol. The molecular weight excluding hydrogens is 444 g/mol. The third-order valence-corrected chi connectivity index (χ3v) is 6.07. The van der Waals surface area contributed by atoms with Gasteiger partial charge in [0.05, 0.1) is 26.5 Å². The number of nitrogens with one attached hydrogen (secondary N) is 2. The van der Waals surface area contributed by atoms with Crippen LogP contribution in [0.25, 0.3) is 0 Å². The average molecular weight is 475 g/mol. The van der Waals surface area contributed by atoms with Gasteiger partial charge in [-0.05, 0) is 47.4 Å². The second kappa shape index (κ2) is 11.4. The maximum atomic E-state index is 13.2. The number of carbonyl (C=O) groups is 2. The lowest BCUT2D eigenvalue weighted by Crippen LogP contribution is -2.52. The number of methoxy groups -OCH3 is 2. The fourth-order valence-electron chi connectivity index (χ4n) is 4.16. The van der Waals surface area contributed by atoms with Crippen molar-refractivity contribution in [3.8, 4) is 11.5 Å². The standard InChI is InChI=1S/C27H30N4O4/c1-34-24-15-20-11-13-31(18-21(20)16-25(24)35-2)27(33)30-23(14-19-8-4-3-5-9-19)26(32)29-17-22-10-6-7-12-28-22/h3-10,12,15-16,23H,11,13-14,17-18H2,1-2H3,(H,29,32)(H,30,33)/t23-/m0/s1. The molecule has 1 aromatic heterocycles. The van der Waals surface area contributed by atoms with Crippen LogP contribution in [0, 0.1) is 0 Å². The summed E-state index contributed by atoms with van der Waals surface area (Å²) in [4.78, 5) is 32.3. The molecule has 0 unspecified atom stereocenters. The molecule has 8 nitrogen and oxygen atoms in total. The normalized spacial score (nSPS) is 13.4. The number of hydrogen-bond acceptors (Lipinski definition) is 5. The molecule has 1 atom stereocenters. The van der Waals surface area contributed by atoms with E-state index in [0.717, 1.165) is 22.4 Å². The Morgan fingerprint density at radius 1 is 1.00 bits per heavy atom. The highest BCUT2D eigenvalue weighted by Gasteiger charge is 2.27. The Labute approximate surface area is 205 Å². The van der Waals surface area contributed by atoms with Gasteiger partial charge in [0, 0.05) is 25.7 Å². The molecule has 1 aliphatic heterocycles. The van der Waals surface area contributed by atoms with Gasteiger partial charge in [0.2, 0.25) is 5.91 Å². The fraction of sp³-hybridized carbons (Fsp3) is 0.296. The molecule has 0 saturated heterocycles. The first-order valence-electron chi connectivity index (χ1n) is 11.6. The summed E-state index contributed by atoms with van der Waals surface area (Å²) in [7, 11) is 3.20. The summed E-state index contributed by atoms with van der Waals surface area (Å²) in [6.45, 7) is 1.26. The Kier molecular flexibility index (Phi) is 7.82. The lowest BCUT2D eigenvalue weighted by molar-refractivity contribution is -0.123. The molecule has 182 valence electrons. The van der Waals surface area contributed by atoms with E-state index in [1.807, 2.05) is 60.7 Å². The summed E-state index contributed by atoms with van der Waals surface area (Å²) in [5, 5.41) is 5.86. The van der Waals surface area contributed by atoms with Crippen molar-refractivity contribution >= 4 is 11.9 Å². The molecule has 35 heavy (non-hydrogen) atoms. The van der Waals surface area contributed by atoms with Gasteiger partial charge >= 0.3 is 6.03 Å². The molecule has 4 rings (SSSR count). The van der Waals surface area contributed by atoms with Crippen LogP contribution in [-0.4, -0.2) is 48.6 Å². The number of hydrogen-bond donors (Lipinski definition) is 2. The van der Waals surface area contributed by atoms with Crippen molar-refractivity contribution in [3.63, 3.8) is 0 Å². The second-order valence-electron chi connectivity index (χ2n) is 8.38. The van der Waals surface area contributed by atoms with Crippen molar-refractivity contribution in [2.75, 3.05) is 20.8 Å². The zero-order chi connectivity index (χ0) is 24.6. The average Bonchev–Trinajstić information content (AvgIpc) is 2.91. The summed E-state index contributed by atoms with van der Waals surface area (Å²) in [6, 6.07) is 18.1. The minimum Gasteiger partial charge on any atom is -0.493 e. The van der Waals surface area contributed by atoms with Crippen LogP contribution >= 0.6 is 0 Å². The number of fused-ring (bicyclic) bond motifs is 1. The minimum atomic E-state index is -0.722. The lowest BCUT2D eigenvalue weighted by Gasteiger charge is -2.31. The smallest absolute Gasteiger partial charge is 0.318 e. The molecule has 1 aliphatic rings. The molecule has 2 N–H and O–H groups in total. The van der Waals surface area contributed by atoms with Crippen LogP contribution in [0.2, 0.25) is 0 Å². The topological polar surface area (TPSA) is 92.8 Å². The Morgan fingerprint density at radius 3 is 2.40 bits per heavy atom. The molecular formula is C27H30N4O4. The number of urea groups is 1. The molecule has 2 heterocycles. The van der Waals surface area contributed by atoms with Crippen molar-refractivity contribution in [1.82, 2.24) is 20.5 Å². The predicted molar refractivity (Wildman–Crippen MR) is 132 cm³/mol. The lowest BCUT2D eigenvalue weighted by atomic mass is 9.99. The van der Waals surface area contributed by atoms with Crippen LogP contribution in [-0.2, 0) is 30.7 Å². The van der Waals surface area contributed by atoms with E-state index in [1.165, 1.54) is 0 Å². The maximum absolute atomic E-state index is 13.2. The van der Waals surface area contributed by atoms with Crippen molar-refractivity contribution in [2.45, 2.75) is 32.0 Å². The van der Waals surface area contributed by atoms with Gasteiger partial charge in [0.25, 0.3) is 0 Å². The van der Waals surface area contributed by atoms with Crippen LogP contribution in [0.3, 0.4) is 0 Å². The molecule has 0 spiro atoms. The van der Waals surface area contributed by atoms with Crippen LogP contribution in [0.4, 0.5) is 4.79 Å². The van der Waals surface area contributed by atoms with E-state index in [-0.39, 0.29) is 11.9 Å². The number of carbonyl (C=O) groups excluding carboxylic acids is 2. The number of amides is 3. The highest BCUT2D eigenvalue weighted by atomic mass is 16.5. The van der Waals surface area contributed by atoms with Crippen molar-refractivity contribution in [1.29, 1.82) is 0 Å². The molecule has 0 bridgehead atoms. The fourth-order valence-corrected chi connectivity index (χ4v) is 4.16. The molecule has 3 aromatic rings. The Morgan fingerprint density at radius 2 is 1.71 bits per heavy atom. The Hall–Kier alpha value is -4.07. The Bertz CT molecular complexity index is 1150. The van der Waals surface area contributed by atoms with E-state index >= 15 is 0 Å². The van der Waals surface area contributed by atoms with Crippen molar-refractivity contribution in [3.05, 3.63) is 89.2 Å². The van der Waals surface area contributed by atoms with Crippen LogP contribution < -0.4 is 20.1 Å². The maximum Gasteiger partial charge on any atom is 0.318 e. The first-order valence-corrected chi connectivity index (χ1v) is 11.6. The third-order valence-electron chi connectivity index (χ3n) is 6.07. The second-order valence-corrected chi connectivity index (χ2v) is 8.38. The van der Waals surface area contributed by atoms with Gasteiger partial charge in [0.1, 0.15) is 6.04 Å². The molecule has 0 radical (unpaired) electrons. The molecule has 8 heteroatoms. The predicted octanol–water partition coefficient (Wildman–Crippen LogP) is 3.09. The molecule has 0 saturated carbocycles. The zero-order valence-electron chi connectivity index (χ0n) is 20.0. The largest absolute Gasteiger partial charge is 0.493 e. The summed E-state index contributed by atoms with van der Waals surface area (Å²) < 4.78 is 10.8. The van der Waals surface area contributed by atoms with Gasteiger partial charge in [-0.25, -0.2) is 4.79 Å². The van der Waals surface area contributed by atoms with Gasteiger partial charge < -0.3 is 25.0 Å². The summed E-state index contributed by atoms with van der Waals surface area (Å²) in [5.41, 5.74) is 3.85. The van der Waals surface area contributed by atoms with Crippen LogP contribution in [0.1, 0.15) is 22.4 Å². The minimum absolute atomic E-state index is 0.253. The number of benzene rings is 2. The van der Waals surface area contributed by atoms with E-state index in [9.17, 15) is 9.59 Å². The van der Waals surface area contributed by atoms with Gasteiger partial charge in [-0.1, -0.05) is 36.4 Å². The van der Waals surface area contributed by atoms with Crippen molar-refractivity contribution < 1.29 is 19.1 Å². The van der Waals surface area contributed by atoms with E-state index < -0.39 is 6.04 Å². The summed E-state index contributed by atoms with van der Waals surface area (Å²) >= 11 is 0. The first kappa shape index (κ1) is 24.1. The molecule has 0 aliphatic carbocycles. The van der Waals surface area contributed by atoms with Crippen molar-refractivity contribution in [2.24, 2.45) is 0 Å². The van der Waals surface area contributed by atoms with Crippen LogP contribution in [0.15, 0.2) is 66.9 Å². The van der Waals surface area contributed by atoms with Gasteiger partial charge in [-0.15, -0.1) is 0 Å². The van der Waals surface area contributed by atoms with E-state index in [2.05, 4.69) is 15.6 Å². The summed E-state index contributed by atoms with van der Waals surface area (Å²) in [5.74, 6) is 1.05. The van der Waals surface area contributed by atoms with E-state index in [0.29, 0.717) is 44.0 Å². The first-order chi connectivity index (χ1) is 17.1. The van der Waals surface area contributed by atoms with Crippen LogP contribution in [0.5, 0.6) is 11.5 Å². The number of aromatic nitrogens is 1. The summed E-state index contributed by atoms with van der Waals surface area (Å²) in [6.07, 6.45) is 2.76. The van der Waals surface area contributed by atoms with Gasteiger partial charge in [-0.2, -0.15) is 0 Å². The molecule has 0 fully saturated rings. The van der Waals surface area contributed by atoms with Gasteiger partial charge in [0.15, 0.2) is 11.5 Å². The SMILES string of the molecule is COc1cc2c(cc1OC)CN(C(=O)N[C@@H](Cc1ccccc1)C(=O)NCc1ccccn1)CC2. The number of pyridine rings is 1. The highest BCUT2D eigenvalue weighted by molar-refractivity contribution is 5.87. The number of rotatable bonds is 8. The number of nitrogens with zero attached hydrogens (tertiary/aromatic N) is 2. The Balaban J connectivity index is 1.46. The van der Waals surface area contributed by atoms with E-state index in [1.54, 1.807) is 25.3 Å². The van der Waals surface area contributed by atoms with Gasteiger partial charge in [-0.3, -0.25) is 9.78 Å². The van der Waals surface area contributed by atoms with E-state index in [4.69, 9.17) is 9.47 Å². The molecule has 2 aromatic carbocycles. The zero-order valence-corrected chi connectivity index (χ0v) is 20.0. The number of ether oxygens (including phenoxy) is 2. The molecule has 3 amide bonds. The third kappa shape index (κ3) is 6.09. The quantitative estimate of drug-likeness (QED) is 0.523.